The number of aliphatic imine (C=N–C) groups is 1. The minimum Gasteiger partial charge on any atom is -0.488 e. The number of ether oxygens (including phenoxy) is 1. The molecule has 5 heteroatoms. The molecule has 1 atom stereocenters. The summed E-state index contributed by atoms with van der Waals surface area (Å²) in [5.41, 5.74) is 4.00. The van der Waals surface area contributed by atoms with Crippen LogP contribution >= 0.6 is 11.8 Å². The molecule has 0 spiro atoms. The number of amides is 1. The van der Waals surface area contributed by atoms with Gasteiger partial charge in [-0.05, 0) is 61.9 Å². The molecular formula is C28H28N2O2S. The van der Waals surface area contributed by atoms with Crippen molar-refractivity contribution in [1.82, 2.24) is 4.90 Å². The molecule has 3 aromatic rings. The van der Waals surface area contributed by atoms with Crippen molar-refractivity contribution in [2.45, 2.75) is 39.8 Å². The molecule has 4 nitrogen and oxygen atoms in total. The number of hydrogen-bond donors (Lipinski definition) is 0. The van der Waals surface area contributed by atoms with Crippen molar-refractivity contribution in [2.75, 3.05) is 0 Å². The molecule has 0 saturated carbocycles. The van der Waals surface area contributed by atoms with E-state index in [1.165, 1.54) is 17.3 Å². The molecule has 1 aliphatic rings. The SMILES string of the molecule is CC[C@@H](C)N1C(=O)/C(=C\c2ccccc2OCc2ccccc2)SC1=Nc1ccc(C)cc1. The molecule has 1 saturated heterocycles. The third-order valence-corrected chi connectivity index (χ3v) is 6.55. The molecule has 0 aliphatic carbocycles. The smallest absolute Gasteiger partial charge is 0.267 e. The van der Waals surface area contributed by atoms with Crippen molar-refractivity contribution in [3.8, 4) is 5.75 Å². The Morgan fingerprint density at radius 2 is 1.70 bits per heavy atom. The number of carbonyl (C=O) groups excluding carboxylic acids is 1. The Morgan fingerprint density at radius 3 is 2.42 bits per heavy atom. The summed E-state index contributed by atoms with van der Waals surface area (Å²) in [6, 6.07) is 26.0. The van der Waals surface area contributed by atoms with Gasteiger partial charge in [-0.3, -0.25) is 9.69 Å². The third kappa shape index (κ3) is 5.55. The number of amidine groups is 1. The van der Waals surface area contributed by atoms with Crippen LogP contribution < -0.4 is 4.74 Å². The van der Waals surface area contributed by atoms with E-state index in [2.05, 4.69) is 13.8 Å². The fraction of sp³-hybridized carbons (Fsp3) is 0.214. The average Bonchev–Trinajstić information content (AvgIpc) is 3.14. The van der Waals surface area contributed by atoms with Crippen LogP contribution in [-0.4, -0.2) is 22.0 Å². The Kier molecular flexibility index (Phi) is 7.30. The number of nitrogens with zero attached hydrogens (tertiary/aromatic N) is 2. The van der Waals surface area contributed by atoms with Crippen molar-refractivity contribution >= 4 is 34.6 Å². The van der Waals surface area contributed by atoms with Crippen LogP contribution in [0.3, 0.4) is 0 Å². The molecule has 1 aliphatic heterocycles. The molecule has 0 aromatic heterocycles. The lowest BCUT2D eigenvalue weighted by Crippen LogP contribution is -2.36. The Hall–Kier alpha value is -3.31. The molecule has 0 N–H and O–H groups in total. The molecule has 0 radical (unpaired) electrons. The van der Waals surface area contributed by atoms with Crippen LogP contribution in [0.5, 0.6) is 5.75 Å². The van der Waals surface area contributed by atoms with Gasteiger partial charge in [0.25, 0.3) is 5.91 Å². The zero-order valence-electron chi connectivity index (χ0n) is 19.2. The quantitative estimate of drug-likeness (QED) is 0.360. The van der Waals surface area contributed by atoms with Gasteiger partial charge in [-0.1, -0.05) is 73.2 Å². The van der Waals surface area contributed by atoms with Gasteiger partial charge in [0.1, 0.15) is 12.4 Å². The highest BCUT2D eigenvalue weighted by atomic mass is 32.2. The van der Waals surface area contributed by atoms with E-state index in [9.17, 15) is 4.79 Å². The molecule has 3 aromatic carbocycles. The second-order valence-electron chi connectivity index (χ2n) is 8.09. The van der Waals surface area contributed by atoms with Crippen molar-refractivity contribution in [1.29, 1.82) is 0 Å². The van der Waals surface area contributed by atoms with E-state index >= 15 is 0 Å². The Bertz CT molecular complexity index is 1170. The number of benzene rings is 3. The van der Waals surface area contributed by atoms with E-state index in [4.69, 9.17) is 9.73 Å². The standard InChI is InChI=1S/C28H28N2O2S/c1-4-21(3)30-27(31)26(33-28(30)29-24-16-14-20(2)15-17-24)18-23-12-8-9-13-25(23)32-19-22-10-6-5-7-11-22/h5-18,21H,4,19H2,1-3H3/b26-18+,29-28?/t21-/m1/s1. The van der Waals surface area contributed by atoms with Gasteiger partial charge in [-0.15, -0.1) is 0 Å². The second-order valence-corrected chi connectivity index (χ2v) is 9.09. The van der Waals surface area contributed by atoms with E-state index in [-0.39, 0.29) is 11.9 Å². The van der Waals surface area contributed by atoms with Crippen LogP contribution in [0, 0.1) is 6.92 Å². The Morgan fingerprint density at radius 1 is 1.00 bits per heavy atom. The summed E-state index contributed by atoms with van der Waals surface area (Å²) >= 11 is 1.42. The first-order valence-corrected chi connectivity index (χ1v) is 12.0. The molecule has 4 rings (SSSR count). The van der Waals surface area contributed by atoms with Gasteiger partial charge in [0.2, 0.25) is 0 Å². The lowest BCUT2D eigenvalue weighted by Gasteiger charge is -2.22. The number of rotatable bonds is 7. The highest BCUT2D eigenvalue weighted by Gasteiger charge is 2.36. The van der Waals surface area contributed by atoms with E-state index in [1.54, 1.807) is 0 Å². The zero-order valence-corrected chi connectivity index (χ0v) is 20.0. The highest BCUT2D eigenvalue weighted by molar-refractivity contribution is 8.18. The third-order valence-electron chi connectivity index (χ3n) is 5.57. The zero-order chi connectivity index (χ0) is 23.2. The molecular weight excluding hydrogens is 428 g/mol. The van der Waals surface area contributed by atoms with Crippen molar-refractivity contribution in [3.05, 3.63) is 100 Å². The molecule has 1 fully saturated rings. The summed E-state index contributed by atoms with van der Waals surface area (Å²) in [6.45, 7) is 6.67. The minimum atomic E-state index is -0.0157. The maximum Gasteiger partial charge on any atom is 0.267 e. The fourth-order valence-electron chi connectivity index (χ4n) is 3.47. The van der Waals surface area contributed by atoms with Crippen LogP contribution in [0.1, 0.15) is 37.0 Å². The topological polar surface area (TPSA) is 41.9 Å². The first-order chi connectivity index (χ1) is 16.0. The van der Waals surface area contributed by atoms with Crippen LogP contribution in [0.2, 0.25) is 0 Å². The summed E-state index contributed by atoms with van der Waals surface area (Å²) in [5, 5.41) is 0.715. The summed E-state index contributed by atoms with van der Waals surface area (Å²) in [5.74, 6) is 0.736. The lowest BCUT2D eigenvalue weighted by molar-refractivity contribution is -0.123. The summed E-state index contributed by atoms with van der Waals surface area (Å²) < 4.78 is 6.09. The second kappa shape index (κ2) is 10.5. The maximum atomic E-state index is 13.4. The average molecular weight is 457 g/mol. The van der Waals surface area contributed by atoms with E-state index in [1.807, 2.05) is 96.8 Å². The molecule has 0 bridgehead atoms. The first-order valence-electron chi connectivity index (χ1n) is 11.2. The predicted octanol–water partition coefficient (Wildman–Crippen LogP) is 6.98. The summed E-state index contributed by atoms with van der Waals surface area (Å²) in [6.07, 6.45) is 2.77. The largest absolute Gasteiger partial charge is 0.488 e. The minimum absolute atomic E-state index is 0.0157. The molecule has 1 amide bonds. The molecule has 33 heavy (non-hydrogen) atoms. The van der Waals surface area contributed by atoms with Crippen LogP contribution in [0.25, 0.3) is 6.08 Å². The van der Waals surface area contributed by atoms with Gasteiger partial charge >= 0.3 is 0 Å². The van der Waals surface area contributed by atoms with Gasteiger partial charge in [0.15, 0.2) is 5.17 Å². The highest BCUT2D eigenvalue weighted by Crippen LogP contribution is 2.37. The number of thioether (sulfide) groups is 1. The first kappa shape index (κ1) is 22.9. The predicted molar refractivity (Wildman–Crippen MR) is 138 cm³/mol. The Balaban J connectivity index is 1.63. The number of aryl methyl sites for hydroxylation is 1. The van der Waals surface area contributed by atoms with E-state index in [0.29, 0.717) is 16.7 Å². The van der Waals surface area contributed by atoms with Crippen LogP contribution in [0.4, 0.5) is 5.69 Å². The number of carbonyl (C=O) groups is 1. The van der Waals surface area contributed by atoms with Crippen LogP contribution in [0.15, 0.2) is 88.8 Å². The lowest BCUT2D eigenvalue weighted by atomic mass is 10.1. The Labute approximate surface area is 200 Å². The molecule has 168 valence electrons. The van der Waals surface area contributed by atoms with Crippen molar-refractivity contribution < 1.29 is 9.53 Å². The number of hydrogen-bond acceptors (Lipinski definition) is 4. The van der Waals surface area contributed by atoms with E-state index < -0.39 is 0 Å². The van der Waals surface area contributed by atoms with Gasteiger partial charge in [-0.25, -0.2) is 4.99 Å². The fourth-order valence-corrected chi connectivity index (χ4v) is 4.55. The summed E-state index contributed by atoms with van der Waals surface area (Å²) in [7, 11) is 0. The summed E-state index contributed by atoms with van der Waals surface area (Å²) in [4.78, 5) is 20.6. The van der Waals surface area contributed by atoms with Gasteiger partial charge in [0.05, 0.1) is 10.6 Å². The van der Waals surface area contributed by atoms with Gasteiger partial charge in [0, 0.05) is 11.6 Å². The number of para-hydroxylation sites is 1. The van der Waals surface area contributed by atoms with E-state index in [0.717, 1.165) is 29.0 Å². The van der Waals surface area contributed by atoms with Gasteiger partial charge < -0.3 is 4.74 Å². The van der Waals surface area contributed by atoms with Crippen LogP contribution in [-0.2, 0) is 11.4 Å². The molecule has 0 unspecified atom stereocenters. The van der Waals surface area contributed by atoms with Crippen molar-refractivity contribution in [2.24, 2.45) is 4.99 Å². The molecule has 1 heterocycles. The normalized spacial score (nSPS) is 17.1. The maximum absolute atomic E-state index is 13.4. The monoisotopic (exact) mass is 456 g/mol. The van der Waals surface area contributed by atoms with Crippen molar-refractivity contribution in [3.63, 3.8) is 0 Å². The van der Waals surface area contributed by atoms with Gasteiger partial charge in [-0.2, -0.15) is 0 Å².